The molecule has 0 saturated carbocycles. The third-order valence-electron chi connectivity index (χ3n) is 2.28. The van der Waals surface area contributed by atoms with E-state index in [2.05, 4.69) is 21.5 Å². The Kier molecular flexibility index (Phi) is 3.36. The summed E-state index contributed by atoms with van der Waals surface area (Å²) in [6.45, 7) is 2.07. The van der Waals surface area contributed by atoms with Gasteiger partial charge in [0.25, 0.3) is 0 Å². The quantitative estimate of drug-likeness (QED) is 0.757. The summed E-state index contributed by atoms with van der Waals surface area (Å²) in [5, 5.41) is 5.39. The van der Waals surface area contributed by atoms with Crippen LogP contribution in [0.2, 0.25) is 0 Å². The average Bonchev–Trinajstić information content (AvgIpc) is 2.83. The summed E-state index contributed by atoms with van der Waals surface area (Å²) in [5.41, 5.74) is 2.37. The van der Waals surface area contributed by atoms with E-state index in [-0.39, 0.29) is 12.2 Å². The molecule has 4 nitrogen and oxygen atoms in total. The summed E-state index contributed by atoms with van der Waals surface area (Å²) in [7, 11) is 0. The summed E-state index contributed by atoms with van der Waals surface area (Å²) in [4.78, 5) is 15.9. The number of nitrogens with zero attached hydrogens (tertiary/aromatic N) is 3. The van der Waals surface area contributed by atoms with Gasteiger partial charge in [-0.1, -0.05) is 17.5 Å². The van der Waals surface area contributed by atoms with Crippen LogP contribution in [0.15, 0.2) is 23.7 Å². The Balaban J connectivity index is 2.06. The van der Waals surface area contributed by atoms with E-state index in [1.165, 1.54) is 17.1 Å². The van der Waals surface area contributed by atoms with Crippen molar-refractivity contribution < 1.29 is 4.79 Å². The molecule has 2 aromatic rings. The second-order valence-electron chi connectivity index (χ2n) is 3.40. The third-order valence-corrected chi connectivity index (χ3v) is 2.79. The minimum atomic E-state index is -0.0366. The van der Waals surface area contributed by atoms with Gasteiger partial charge in [0.1, 0.15) is 5.69 Å². The molecule has 0 radical (unpaired) electrons. The molecule has 0 fully saturated rings. The van der Waals surface area contributed by atoms with Crippen molar-refractivity contribution in [2.24, 2.45) is 0 Å². The minimum absolute atomic E-state index is 0.0366. The first-order valence-corrected chi connectivity index (χ1v) is 5.87. The molecule has 2 rings (SSSR count). The molecule has 16 heavy (non-hydrogen) atoms. The lowest BCUT2D eigenvalue weighted by atomic mass is 10.1. The largest absolute Gasteiger partial charge is 0.292 e. The zero-order chi connectivity index (χ0) is 11.4. The molecule has 0 unspecified atom stereocenters. The van der Waals surface area contributed by atoms with E-state index in [9.17, 15) is 4.79 Å². The van der Waals surface area contributed by atoms with Crippen LogP contribution in [-0.4, -0.2) is 20.4 Å². The maximum atomic E-state index is 11.7. The highest BCUT2D eigenvalue weighted by atomic mass is 32.1. The highest BCUT2D eigenvalue weighted by Gasteiger charge is 2.10. The van der Waals surface area contributed by atoms with Gasteiger partial charge in [-0.3, -0.25) is 9.78 Å². The van der Waals surface area contributed by atoms with E-state index in [0.717, 1.165) is 12.1 Å². The first kappa shape index (κ1) is 10.9. The average molecular weight is 233 g/mol. The summed E-state index contributed by atoms with van der Waals surface area (Å²) in [6.07, 6.45) is 3.05. The molecular weight excluding hydrogens is 222 g/mol. The summed E-state index contributed by atoms with van der Waals surface area (Å²) in [6, 6.07) is 3.88. The maximum absolute atomic E-state index is 11.7. The van der Waals surface area contributed by atoms with E-state index in [0.29, 0.717) is 5.69 Å². The topological polar surface area (TPSA) is 55.7 Å². The van der Waals surface area contributed by atoms with Crippen LogP contribution in [-0.2, 0) is 12.8 Å². The van der Waals surface area contributed by atoms with Gasteiger partial charge in [-0.05, 0) is 29.6 Å². The Morgan fingerprint density at radius 3 is 2.88 bits per heavy atom. The number of Topliss-reactive ketones (excluding diaryl/α,β-unsaturated/α-hetero) is 1. The van der Waals surface area contributed by atoms with Crippen LogP contribution in [0.5, 0.6) is 0 Å². The van der Waals surface area contributed by atoms with Crippen molar-refractivity contribution in [1.29, 1.82) is 0 Å². The normalized spacial score (nSPS) is 10.3. The lowest BCUT2D eigenvalue weighted by molar-refractivity contribution is 0.0987. The van der Waals surface area contributed by atoms with Crippen molar-refractivity contribution >= 4 is 17.3 Å². The van der Waals surface area contributed by atoms with Gasteiger partial charge in [-0.2, -0.15) is 0 Å². The van der Waals surface area contributed by atoms with Gasteiger partial charge in [0.15, 0.2) is 5.78 Å². The predicted molar refractivity (Wildman–Crippen MR) is 61.6 cm³/mol. The number of ketones is 1. The van der Waals surface area contributed by atoms with E-state index in [4.69, 9.17) is 0 Å². The van der Waals surface area contributed by atoms with Crippen molar-refractivity contribution in [1.82, 2.24) is 14.6 Å². The molecule has 0 atom stereocenters. The summed E-state index contributed by atoms with van der Waals surface area (Å²) >= 11 is 1.18. The number of aryl methyl sites for hydroxylation is 1. The van der Waals surface area contributed by atoms with Crippen LogP contribution < -0.4 is 0 Å². The van der Waals surface area contributed by atoms with E-state index < -0.39 is 0 Å². The number of hydrogen-bond donors (Lipinski definition) is 0. The van der Waals surface area contributed by atoms with Crippen LogP contribution in [0.3, 0.4) is 0 Å². The van der Waals surface area contributed by atoms with E-state index >= 15 is 0 Å². The van der Waals surface area contributed by atoms with Gasteiger partial charge < -0.3 is 0 Å². The smallest absolute Gasteiger partial charge is 0.189 e. The highest BCUT2D eigenvalue weighted by molar-refractivity contribution is 7.03. The minimum Gasteiger partial charge on any atom is -0.292 e. The molecule has 0 aliphatic carbocycles. The Morgan fingerprint density at radius 1 is 1.44 bits per heavy atom. The Morgan fingerprint density at radius 2 is 2.31 bits per heavy atom. The molecule has 0 aliphatic rings. The molecule has 0 bridgehead atoms. The molecule has 0 saturated heterocycles. The van der Waals surface area contributed by atoms with Crippen molar-refractivity contribution in [3.05, 3.63) is 40.7 Å². The summed E-state index contributed by atoms with van der Waals surface area (Å²) < 4.78 is 3.66. The molecule has 0 amide bonds. The van der Waals surface area contributed by atoms with E-state index in [1.54, 1.807) is 5.38 Å². The first-order chi connectivity index (χ1) is 7.79. The second kappa shape index (κ2) is 4.94. The number of aromatic nitrogens is 3. The molecule has 2 heterocycles. The number of pyridine rings is 1. The van der Waals surface area contributed by atoms with Crippen LogP contribution >= 0.6 is 11.5 Å². The SMILES string of the molecule is CCc1ccc(CC(=O)c2csnn2)nc1. The van der Waals surface area contributed by atoms with Crippen LogP contribution in [0.1, 0.15) is 28.7 Å². The van der Waals surface area contributed by atoms with Crippen LogP contribution in [0, 0.1) is 0 Å². The second-order valence-corrected chi connectivity index (χ2v) is 4.01. The number of hydrogen-bond acceptors (Lipinski definition) is 5. The lowest BCUT2D eigenvalue weighted by Gasteiger charge is -1.99. The van der Waals surface area contributed by atoms with Gasteiger partial charge in [-0.15, -0.1) is 5.10 Å². The molecule has 0 aromatic carbocycles. The van der Waals surface area contributed by atoms with Crippen LogP contribution in [0.25, 0.3) is 0 Å². The molecule has 0 spiro atoms. The van der Waals surface area contributed by atoms with Gasteiger partial charge in [0.2, 0.25) is 0 Å². The Labute approximate surface area is 97.5 Å². The van der Waals surface area contributed by atoms with Crippen molar-refractivity contribution in [2.45, 2.75) is 19.8 Å². The molecule has 0 aliphatic heterocycles. The number of carbonyl (C=O) groups excluding carboxylic acids is 1. The van der Waals surface area contributed by atoms with Gasteiger partial charge in [0.05, 0.1) is 6.42 Å². The van der Waals surface area contributed by atoms with Crippen molar-refractivity contribution in [2.75, 3.05) is 0 Å². The molecule has 2 aromatic heterocycles. The fourth-order valence-electron chi connectivity index (χ4n) is 1.31. The van der Waals surface area contributed by atoms with Crippen molar-refractivity contribution in [3.63, 3.8) is 0 Å². The first-order valence-electron chi connectivity index (χ1n) is 5.03. The molecule has 0 N–H and O–H groups in total. The fourth-order valence-corrected chi connectivity index (χ4v) is 1.77. The lowest BCUT2D eigenvalue weighted by Crippen LogP contribution is -2.05. The highest BCUT2D eigenvalue weighted by Crippen LogP contribution is 2.06. The van der Waals surface area contributed by atoms with Crippen LogP contribution in [0.4, 0.5) is 0 Å². The predicted octanol–water partition coefficient (Wildman–Crippen LogP) is 1.92. The van der Waals surface area contributed by atoms with Crippen molar-refractivity contribution in [3.8, 4) is 0 Å². The van der Waals surface area contributed by atoms with E-state index in [1.807, 2.05) is 18.3 Å². The zero-order valence-electron chi connectivity index (χ0n) is 8.88. The fraction of sp³-hybridized carbons (Fsp3) is 0.273. The maximum Gasteiger partial charge on any atom is 0.189 e. The monoisotopic (exact) mass is 233 g/mol. The Bertz CT molecular complexity index is 464. The number of rotatable bonds is 4. The standard InChI is InChI=1S/C11H11N3OS/c1-2-8-3-4-9(12-6-8)5-11(15)10-7-16-14-13-10/h3-4,6-7H,2,5H2,1H3. The zero-order valence-corrected chi connectivity index (χ0v) is 9.70. The molecule has 5 heteroatoms. The van der Waals surface area contributed by atoms with Gasteiger partial charge >= 0.3 is 0 Å². The third kappa shape index (κ3) is 2.49. The number of carbonyl (C=O) groups is 1. The summed E-state index contributed by atoms with van der Waals surface area (Å²) in [5.74, 6) is -0.0366. The Hall–Kier alpha value is -1.62. The van der Waals surface area contributed by atoms with Gasteiger partial charge in [-0.25, -0.2) is 0 Å². The molecular formula is C11H11N3OS. The molecule has 82 valence electrons. The van der Waals surface area contributed by atoms with Gasteiger partial charge in [0, 0.05) is 17.3 Å².